The van der Waals surface area contributed by atoms with E-state index < -0.39 is 23.2 Å². The molecular formula is C29H27FN2O4. The first-order valence-electron chi connectivity index (χ1n) is 12.2. The van der Waals surface area contributed by atoms with Crippen LogP contribution in [0.25, 0.3) is 11.0 Å². The van der Waals surface area contributed by atoms with Gasteiger partial charge >= 0.3 is 0 Å². The minimum atomic E-state index is -0.774. The minimum Gasteiger partial charge on any atom is -0.494 e. The Bertz CT molecular complexity index is 1480. The van der Waals surface area contributed by atoms with Crippen molar-refractivity contribution in [2.45, 2.75) is 45.6 Å². The number of benzene rings is 2. The van der Waals surface area contributed by atoms with Gasteiger partial charge in [0.25, 0.3) is 5.91 Å². The number of carbonyl (C=O) groups excluding carboxylic acids is 1. The Morgan fingerprint density at radius 1 is 1.03 bits per heavy atom. The van der Waals surface area contributed by atoms with Crippen molar-refractivity contribution in [2.24, 2.45) is 0 Å². The van der Waals surface area contributed by atoms with Crippen LogP contribution in [0.2, 0.25) is 0 Å². The lowest BCUT2D eigenvalue weighted by atomic mass is 9.98. The first kappa shape index (κ1) is 23.7. The molecule has 1 unspecified atom stereocenters. The molecule has 0 N–H and O–H groups in total. The number of hydrogen-bond donors (Lipinski definition) is 0. The van der Waals surface area contributed by atoms with Gasteiger partial charge in [0.1, 0.15) is 23.0 Å². The highest BCUT2D eigenvalue weighted by Crippen LogP contribution is 2.41. The topological polar surface area (TPSA) is 72.6 Å². The van der Waals surface area contributed by atoms with E-state index in [0.717, 1.165) is 24.5 Å². The number of nitrogens with zero attached hydrogens (tertiary/aromatic N) is 2. The van der Waals surface area contributed by atoms with Crippen LogP contribution in [0.5, 0.6) is 5.75 Å². The molecule has 36 heavy (non-hydrogen) atoms. The third-order valence-corrected chi connectivity index (χ3v) is 6.44. The van der Waals surface area contributed by atoms with Gasteiger partial charge in [-0.25, -0.2) is 9.37 Å². The molecule has 1 amide bonds. The van der Waals surface area contributed by atoms with Crippen LogP contribution in [-0.2, 0) is 0 Å². The van der Waals surface area contributed by atoms with E-state index in [-0.39, 0.29) is 22.3 Å². The lowest BCUT2D eigenvalue weighted by molar-refractivity contribution is 0.0970. The molecule has 0 spiro atoms. The summed E-state index contributed by atoms with van der Waals surface area (Å²) in [5, 5.41) is 0.0950. The first-order valence-corrected chi connectivity index (χ1v) is 12.2. The fourth-order valence-corrected chi connectivity index (χ4v) is 4.61. The number of aromatic nitrogens is 1. The van der Waals surface area contributed by atoms with Crippen molar-refractivity contribution in [2.75, 3.05) is 11.5 Å². The number of pyridine rings is 1. The summed E-state index contributed by atoms with van der Waals surface area (Å²) in [7, 11) is 0. The second-order valence-corrected chi connectivity index (χ2v) is 9.06. The van der Waals surface area contributed by atoms with Gasteiger partial charge < -0.3 is 9.15 Å². The molecular weight excluding hydrogens is 459 g/mol. The van der Waals surface area contributed by atoms with Gasteiger partial charge in [0.15, 0.2) is 5.43 Å². The molecule has 3 heterocycles. The van der Waals surface area contributed by atoms with Crippen molar-refractivity contribution < 1.29 is 18.3 Å². The molecule has 1 aliphatic rings. The number of fused-ring (bicyclic) bond motifs is 2. The van der Waals surface area contributed by atoms with Crippen molar-refractivity contribution in [1.82, 2.24) is 4.98 Å². The van der Waals surface area contributed by atoms with E-state index >= 15 is 0 Å². The Labute approximate surface area is 208 Å². The van der Waals surface area contributed by atoms with Gasteiger partial charge in [-0.1, -0.05) is 38.3 Å². The van der Waals surface area contributed by atoms with E-state index in [4.69, 9.17) is 9.15 Å². The zero-order chi connectivity index (χ0) is 25.2. The summed E-state index contributed by atoms with van der Waals surface area (Å²) in [4.78, 5) is 33.1. The quantitative estimate of drug-likeness (QED) is 0.272. The van der Waals surface area contributed by atoms with E-state index in [1.54, 1.807) is 12.3 Å². The van der Waals surface area contributed by atoms with Crippen molar-refractivity contribution >= 4 is 22.7 Å². The summed E-state index contributed by atoms with van der Waals surface area (Å²) >= 11 is 0. The van der Waals surface area contributed by atoms with E-state index in [2.05, 4.69) is 11.9 Å². The number of ether oxygens (including phenoxy) is 1. The molecule has 0 radical (unpaired) electrons. The first-order chi connectivity index (χ1) is 17.5. The Hall–Kier alpha value is -4.00. The summed E-state index contributed by atoms with van der Waals surface area (Å²) in [6.45, 7) is 4.70. The number of rotatable bonds is 8. The van der Waals surface area contributed by atoms with Crippen LogP contribution in [-0.4, -0.2) is 17.5 Å². The van der Waals surface area contributed by atoms with E-state index in [9.17, 15) is 14.0 Å². The van der Waals surface area contributed by atoms with Gasteiger partial charge in [0.05, 0.1) is 23.6 Å². The fourth-order valence-electron chi connectivity index (χ4n) is 4.61. The molecule has 0 saturated carbocycles. The average Bonchev–Trinajstić information content (AvgIpc) is 3.17. The van der Waals surface area contributed by atoms with Gasteiger partial charge in [-0.2, -0.15) is 0 Å². The Morgan fingerprint density at radius 3 is 2.58 bits per heavy atom. The molecule has 7 heteroatoms. The van der Waals surface area contributed by atoms with E-state index in [0.29, 0.717) is 23.7 Å². The highest BCUT2D eigenvalue weighted by molar-refractivity contribution is 6.10. The van der Waals surface area contributed by atoms with Crippen LogP contribution in [0.1, 0.15) is 65.9 Å². The number of carbonyl (C=O) groups is 1. The Balaban J connectivity index is 1.58. The normalized spacial score (nSPS) is 14.9. The maximum Gasteiger partial charge on any atom is 0.296 e. The van der Waals surface area contributed by atoms with Crippen LogP contribution in [0.15, 0.2) is 70.0 Å². The van der Waals surface area contributed by atoms with Gasteiger partial charge in [-0.05, 0) is 66.9 Å². The molecule has 2 aromatic carbocycles. The maximum atomic E-state index is 14.0. The van der Waals surface area contributed by atoms with Crippen LogP contribution in [0, 0.1) is 12.7 Å². The number of amides is 1. The Kier molecular flexibility index (Phi) is 6.55. The lowest BCUT2D eigenvalue weighted by Gasteiger charge is -2.24. The Morgan fingerprint density at radius 2 is 1.83 bits per heavy atom. The largest absolute Gasteiger partial charge is 0.494 e. The third kappa shape index (κ3) is 4.37. The molecule has 1 aliphatic heterocycles. The minimum absolute atomic E-state index is 0.0522. The van der Waals surface area contributed by atoms with E-state index in [1.165, 1.54) is 29.9 Å². The number of unbranched alkanes of at least 4 members (excludes halogenated alkanes) is 3. The van der Waals surface area contributed by atoms with Crippen molar-refractivity contribution in [3.8, 4) is 5.75 Å². The zero-order valence-electron chi connectivity index (χ0n) is 20.3. The van der Waals surface area contributed by atoms with Crippen molar-refractivity contribution in [1.29, 1.82) is 0 Å². The number of hydrogen-bond acceptors (Lipinski definition) is 5. The highest BCUT2D eigenvalue weighted by atomic mass is 19.1. The second kappa shape index (κ2) is 9.93. The van der Waals surface area contributed by atoms with Gasteiger partial charge in [-0.15, -0.1) is 0 Å². The summed E-state index contributed by atoms with van der Waals surface area (Å²) < 4.78 is 25.7. The average molecular weight is 487 g/mol. The summed E-state index contributed by atoms with van der Waals surface area (Å²) in [6, 6.07) is 13.9. The monoisotopic (exact) mass is 486 g/mol. The SMILES string of the molecule is CCCCCCOc1ccc(C2c3c(oc4ccc(F)cc4c3=O)C(=O)N2c2cc(C)ccn2)cc1. The molecule has 6 nitrogen and oxygen atoms in total. The second-order valence-electron chi connectivity index (χ2n) is 9.06. The van der Waals surface area contributed by atoms with Crippen LogP contribution < -0.4 is 15.1 Å². The zero-order valence-corrected chi connectivity index (χ0v) is 20.3. The maximum absolute atomic E-state index is 14.0. The van der Waals surface area contributed by atoms with Crippen LogP contribution >= 0.6 is 0 Å². The molecule has 0 fully saturated rings. The molecule has 4 aromatic rings. The predicted octanol–water partition coefficient (Wildman–Crippen LogP) is 6.34. The van der Waals surface area contributed by atoms with Gasteiger partial charge in [-0.3, -0.25) is 14.5 Å². The molecule has 5 rings (SSSR count). The molecule has 1 atom stereocenters. The molecule has 2 aromatic heterocycles. The van der Waals surface area contributed by atoms with Crippen molar-refractivity contribution in [3.63, 3.8) is 0 Å². The third-order valence-electron chi connectivity index (χ3n) is 6.44. The lowest BCUT2D eigenvalue weighted by Crippen LogP contribution is -2.30. The molecule has 0 aliphatic carbocycles. The van der Waals surface area contributed by atoms with Crippen LogP contribution in [0.4, 0.5) is 10.2 Å². The molecule has 0 bridgehead atoms. The number of anilines is 1. The smallest absolute Gasteiger partial charge is 0.296 e. The van der Waals surface area contributed by atoms with E-state index in [1.807, 2.05) is 37.3 Å². The molecule has 184 valence electrons. The summed E-state index contributed by atoms with van der Waals surface area (Å²) in [5.41, 5.74) is 1.52. The fraction of sp³-hybridized carbons (Fsp3) is 0.276. The van der Waals surface area contributed by atoms with Crippen molar-refractivity contribution in [3.05, 3.63) is 99.3 Å². The van der Waals surface area contributed by atoms with Gasteiger partial charge in [0.2, 0.25) is 5.76 Å². The highest BCUT2D eigenvalue weighted by Gasteiger charge is 2.44. The number of aryl methyl sites for hydroxylation is 1. The summed E-state index contributed by atoms with van der Waals surface area (Å²) in [5.74, 6) is 0.0551. The predicted molar refractivity (Wildman–Crippen MR) is 136 cm³/mol. The van der Waals surface area contributed by atoms with Gasteiger partial charge in [0, 0.05) is 6.20 Å². The van der Waals surface area contributed by atoms with Crippen LogP contribution in [0.3, 0.4) is 0 Å². The summed E-state index contributed by atoms with van der Waals surface area (Å²) in [6.07, 6.45) is 6.07. The molecule has 0 saturated heterocycles. The standard InChI is InChI=1S/C29H27FN2O4/c1-3-4-5-6-15-35-21-10-7-19(8-11-21)26-25-27(33)22-17-20(30)9-12-23(22)36-28(25)29(34)32(26)24-16-18(2)13-14-31-24/h7-14,16-17,26H,3-6,15H2,1-2H3. The number of halogens is 1.